The largest absolute Gasteiger partial charge is 0.462 e. The van der Waals surface area contributed by atoms with Gasteiger partial charge in [-0.2, -0.15) is 5.10 Å². The molecule has 110 valence electrons. The van der Waals surface area contributed by atoms with Crippen LogP contribution in [0.15, 0.2) is 35.1 Å². The third-order valence-electron chi connectivity index (χ3n) is 2.91. The third-order valence-corrected chi connectivity index (χ3v) is 2.91. The Balaban J connectivity index is 2.57. The van der Waals surface area contributed by atoms with Crippen molar-refractivity contribution in [2.45, 2.75) is 20.4 Å². The fourth-order valence-corrected chi connectivity index (χ4v) is 1.87. The predicted molar refractivity (Wildman–Crippen MR) is 75.5 cm³/mol. The minimum Gasteiger partial charge on any atom is -0.462 e. The highest BCUT2D eigenvalue weighted by Gasteiger charge is 2.16. The van der Waals surface area contributed by atoms with Crippen molar-refractivity contribution >= 4 is 5.97 Å². The quantitative estimate of drug-likeness (QED) is 0.810. The van der Waals surface area contributed by atoms with Gasteiger partial charge in [0, 0.05) is 12.1 Å². The number of hydrogen-bond acceptors (Lipinski definition) is 4. The molecule has 0 atom stereocenters. The number of rotatable bonds is 4. The van der Waals surface area contributed by atoms with Crippen LogP contribution < -0.4 is 5.56 Å². The van der Waals surface area contributed by atoms with Crippen molar-refractivity contribution in [1.82, 2.24) is 9.78 Å². The van der Waals surface area contributed by atoms with E-state index in [2.05, 4.69) is 5.10 Å². The summed E-state index contributed by atoms with van der Waals surface area (Å²) < 4.78 is 19.0. The van der Waals surface area contributed by atoms with Crippen molar-refractivity contribution in [3.05, 3.63) is 52.1 Å². The molecule has 0 fully saturated rings. The van der Waals surface area contributed by atoms with Gasteiger partial charge < -0.3 is 4.74 Å². The maximum Gasteiger partial charge on any atom is 0.343 e. The minimum absolute atomic E-state index is 0.0759. The number of aromatic nitrogens is 2. The van der Waals surface area contributed by atoms with Gasteiger partial charge in [-0.1, -0.05) is 0 Å². The summed E-state index contributed by atoms with van der Waals surface area (Å²) >= 11 is 0. The Hall–Kier alpha value is -2.50. The molecule has 0 saturated heterocycles. The Kier molecular flexibility index (Phi) is 4.47. The lowest BCUT2D eigenvalue weighted by atomic mass is 10.1. The summed E-state index contributed by atoms with van der Waals surface area (Å²) in [4.78, 5) is 23.9. The Bertz CT molecular complexity index is 708. The summed E-state index contributed by atoms with van der Waals surface area (Å²) in [7, 11) is 0. The number of aryl methyl sites for hydroxylation is 1. The van der Waals surface area contributed by atoms with Gasteiger partial charge in [0.05, 0.1) is 12.3 Å². The zero-order chi connectivity index (χ0) is 15.4. The van der Waals surface area contributed by atoms with Crippen LogP contribution in [-0.4, -0.2) is 22.4 Å². The zero-order valence-electron chi connectivity index (χ0n) is 11.8. The van der Waals surface area contributed by atoms with E-state index < -0.39 is 11.5 Å². The fraction of sp³-hybridized carbons (Fsp3) is 0.267. The fourth-order valence-electron chi connectivity index (χ4n) is 1.87. The van der Waals surface area contributed by atoms with Crippen molar-refractivity contribution in [3.8, 4) is 11.3 Å². The first kappa shape index (κ1) is 14.9. The minimum atomic E-state index is -0.685. The van der Waals surface area contributed by atoms with Gasteiger partial charge in [0.1, 0.15) is 11.4 Å². The van der Waals surface area contributed by atoms with Gasteiger partial charge in [0.25, 0.3) is 5.56 Å². The molecule has 2 rings (SSSR count). The average Bonchev–Trinajstić information content (AvgIpc) is 2.48. The average molecular weight is 290 g/mol. The zero-order valence-corrected chi connectivity index (χ0v) is 11.8. The summed E-state index contributed by atoms with van der Waals surface area (Å²) in [6.45, 7) is 3.91. The maximum atomic E-state index is 13.0. The Morgan fingerprint density at radius 2 is 1.95 bits per heavy atom. The molecule has 0 spiro atoms. The molecular formula is C15H15FN2O3. The highest BCUT2D eigenvalue weighted by Crippen LogP contribution is 2.17. The number of esters is 1. The normalized spacial score (nSPS) is 10.4. The summed E-state index contributed by atoms with van der Waals surface area (Å²) in [5.41, 5.74) is 0.457. The first-order valence-corrected chi connectivity index (χ1v) is 6.62. The molecule has 0 amide bonds. The van der Waals surface area contributed by atoms with E-state index in [1.54, 1.807) is 13.8 Å². The van der Waals surface area contributed by atoms with E-state index in [0.29, 0.717) is 17.8 Å². The van der Waals surface area contributed by atoms with E-state index >= 15 is 0 Å². The van der Waals surface area contributed by atoms with Gasteiger partial charge in [0.15, 0.2) is 0 Å². The van der Waals surface area contributed by atoms with Gasteiger partial charge in [-0.15, -0.1) is 0 Å². The molecule has 5 nitrogen and oxygen atoms in total. The van der Waals surface area contributed by atoms with Crippen molar-refractivity contribution < 1.29 is 13.9 Å². The highest BCUT2D eigenvalue weighted by molar-refractivity contribution is 5.90. The molecule has 2 aromatic rings. The van der Waals surface area contributed by atoms with Gasteiger partial charge in [-0.05, 0) is 44.2 Å². The lowest BCUT2D eigenvalue weighted by Gasteiger charge is -2.08. The van der Waals surface area contributed by atoms with Crippen LogP contribution in [0.1, 0.15) is 24.2 Å². The molecule has 1 heterocycles. The number of hydrogen-bond donors (Lipinski definition) is 0. The van der Waals surface area contributed by atoms with Crippen LogP contribution in [0.2, 0.25) is 0 Å². The van der Waals surface area contributed by atoms with E-state index in [1.165, 1.54) is 35.0 Å². The smallest absolute Gasteiger partial charge is 0.343 e. The molecule has 0 unspecified atom stereocenters. The molecule has 1 aromatic carbocycles. The molecule has 6 heteroatoms. The molecule has 0 aliphatic rings. The topological polar surface area (TPSA) is 61.2 Å². The number of ether oxygens (including phenoxy) is 1. The summed E-state index contributed by atoms with van der Waals surface area (Å²) in [6, 6.07) is 7.04. The maximum absolute atomic E-state index is 13.0. The molecule has 0 aliphatic carbocycles. The van der Waals surface area contributed by atoms with Crippen molar-refractivity contribution in [3.63, 3.8) is 0 Å². The summed E-state index contributed by atoms with van der Waals surface area (Å²) in [6.07, 6.45) is 0. The van der Waals surface area contributed by atoms with Crippen LogP contribution in [0.25, 0.3) is 11.3 Å². The lowest BCUT2D eigenvalue weighted by Crippen LogP contribution is -2.29. The number of carbonyl (C=O) groups is 1. The monoisotopic (exact) mass is 290 g/mol. The Morgan fingerprint density at radius 3 is 2.52 bits per heavy atom. The lowest BCUT2D eigenvalue weighted by molar-refractivity contribution is 0.0523. The van der Waals surface area contributed by atoms with E-state index in [9.17, 15) is 14.0 Å². The molecule has 0 bridgehead atoms. The van der Waals surface area contributed by atoms with E-state index in [-0.39, 0.29) is 18.0 Å². The number of nitrogens with zero attached hydrogens (tertiary/aromatic N) is 2. The van der Waals surface area contributed by atoms with Crippen molar-refractivity contribution in [2.24, 2.45) is 0 Å². The molecule has 0 N–H and O–H groups in total. The third kappa shape index (κ3) is 3.16. The number of carbonyl (C=O) groups excluding carboxylic acids is 1. The van der Waals surface area contributed by atoms with Gasteiger partial charge in [0.2, 0.25) is 0 Å². The van der Waals surface area contributed by atoms with E-state index in [4.69, 9.17) is 4.74 Å². The SMILES string of the molecule is CCOC(=O)c1cc(-c2ccc(F)cc2)nn(CC)c1=O. The van der Waals surface area contributed by atoms with Crippen molar-refractivity contribution in [2.75, 3.05) is 6.61 Å². The molecule has 0 saturated carbocycles. The second-order valence-corrected chi connectivity index (χ2v) is 4.29. The van der Waals surface area contributed by atoms with Crippen LogP contribution in [0.5, 0.6) is 0 Å². The molecular weight excluding hydrogens is 275 g/mol. The molecule has 0 radical (unpaired) electrons. The highest BCUT2D eigenvalue weighted by atomic mass is 19.1. The first-order chi connectivity index (χ1) is 10.1. The molecule has 1 aromatic heterocycles. The Morgan fingerprint density at radius 1 is 1.29 bits per heavy atom. The summed E-state index contributed by atoms with van der Waals surface area (Å²) in [5.74, 6) is -1.05. The van der Waals surface area contributed by atoms with Gasteiger partial charge in [-0.3, -0.25) is 4.79 Å². The number of halogens is 1. The van der Waals surface area contributed by atoms with Crippen LogP contribution in [0, 0.1) is 5.82 Å². The first-order valence-electron chi connectivity index (χ1n) is 6.62. The van der Waals surface area contributed by atoms with Crippen LogP contribution in [0.4, 0.5) is 4.39 Å². The van der Waals surface area contributed by atoms with Gasteiger partial charge >= 0.3 is 5.97 Å². The Labute approximate surface area is 121 Å². The van der Waals surface area contributed by atoms with Crippen LogP contribution in [-0.2, 0) is 11.3 Å². The molecule has 0 aliphatic heterocycles. The van der Waals surface area contributed by atoms with Crippen molar-refractivity contribution in [1.29, 1.82) is 0 Å². The predicted octanol–water partition coefficient (Wildman–Crippen LogP) is 2.25. The van der Waals surface area contributed by atoms with E-state index in [1.807, 2.05) is 0 Å². The van der Waals surface area contributed by atoms with Gasteiger partial charge in [-0.25, -0.2) is 13.9 Å². The second kappa shape index (κ2) is 6.30. The number of benzene rings is 1. The van der Waals surface area contributed by atoms with E-state index in [0.717, 1.165) is 0 Å². The molecule has 21 heavy (non-hydrogen) atoms. The standard InChI is InChI=1S/C15H15FN2O3/c1-3-18-14(19)12(15(20)21-4-2)9-13(17-18)10-5-7-11(16)8-6-10/h5-9H,3-4H2,1-2H3. The van der Waals surface area contributed by atoms with Crippen LogP contribution >= 0.6 is 0 Å². The summed E-state index contributed by atoms with van der Waals surface area (Å²) in [5, 5.41) is 4.17. The second-order valence-electron chi connectivity index (χ2n) is 4.29. The van der Waals surface area contributed by atoms with Crippen LogP contribution in [0.3, 0.4) is 0 Å².